The van der Waals surface area contributed by atoms with Crippen molar-refractivity contribution in [1.82, 2.24) is 0 Å². The molecule has 0 aliphatic carbocycles. The van der Waals surface area contributed by atoms with Crippen LogP contribution in [-0.2, 0) is 32.7 Å². The van der Waals surface area contributed by atoms with E-state index in [1.807, 2.05) is 0 Å². The second-order valence-corrected chi connectivity index (χ2v) is 17.4. The fourth-order valence-electron chi connectivity index (χ4n) is 6.22. The molecular formula is C55H90NO8P. The van der Waals surface area contributed by atoms with E-state index in [4.69, 9.17) is 24.3 Å². The van der Waals surface area contributed by atoms with E-state index in [-0.39, 0.29) is 32.6 Å². The van der Waals surface area contributed by atoms with Gasteiger partial charge in [-0.2, -0.15) is 0 Å². The molecule has 0 spiro atoms. The fraction of sp³-hybridized carbons (Fsp3) is 0.600. The minimum absolute atomic E-state index is 0.0418. The van der Waals surface area contributed by atoms with E-state index in [0.717, 1.165) is 128 Å². The Hall–Kier alpha value is -3.59. The Morgan fingerprint density at radius 3 is 1.18 bits per heavy atom. The summed E-state index contributed by atoms with van der Waals surface area (Å²) in [4.78, 5) is 35.0. The number of carbonyl (C=O) groups excluding carboxylic acids is 2. The first-order chi connectivity index (χ1) is 31.8. The molecule has 10 heteroatoms. The zero-order valence-corrected chi connectivity index (χ0v) is 41.6. The molecule has 0 aromatic heterocycles. The molecule has 0 aliphatic heterocycles. The third-order valence-corrected chi connectivity index (χ3v) is 10.8. The van der Waals surface area contributed by atoms with Crippen molar-refractivity contribution in [3.8, 4) is 0 Å². The number of phosphoric ester groups is 1. The maximum Gasteiger partial charge on any atom is 0.472 e. The van der Waals surface area contributed by atoms with Gasteiger partial charge >= 0.3 is 19.8 Å². The van der Waals surface area contributed by atoms with Crippen molar-refractivity contribution in [2.24, 2.45) is 5.73 Å². The van der Waals surface area contributed by atoms with Crippen molar-refractivity contribution in [2.45, 2.75) is 187 Å². The average Bonchev–Trinajstić information content (AvgIpc) is 3.30. The van der Waals surface area contributed by atoms with E-state index < -0.39 is 32.5 Å². The highest BCUT2D eigenvalue weighted by atomic mass is 31.2. The lowest BCUT2D eigenvalue weighted by Gasteiger charge is -2.19. The zero-order chi connectivity index (χ0) is 47.4. The van der Waals surface area contributed by atoms with Gasteiger partial charge in [0, 0.05) is 19.4 Å². The Balaban J connectivity index is 4.12. The van der Waals surface area contributed by atoms with Crippen molar-refractivity contribution in [3.63, 3.8) is 0 Å². The lowest BCUT2D eigenvalue weighted by Crippen LogP contribution is -2.29. The fourth-order valence-corrected chi connectivity index (χ4v) is 6.98. The number of hydrogen-bond acceptors (Lipinski definition) is 8. The Morgan fingerprint density at radius 1 is 0.462 bits per heavy atom. The molecule has 0 rings (SSSR count). The molecule has 2 atom stereocenters. The molecule has 0 saturated carbocycles. The minimum atomic E-state index is -4.40. The van der Waals surface area contributed by atoms with Gasteiger partial charge in [-0.1, -0.05) is 187 Å². The largest absolute Gasteiger partial charge is 0.472 e. The Morgan fingerprint density at radius 2 is 0.800 bits per heavy atom. The number of nitrogens with two attached hydrogens (primary N) is 1. The summed E-state index contributed by atoms with van der Waals surface area (Å²) in [6.07, 6.45) is 68.1. The van der Waals surface area contributed by atoms with Gasteiger partial charge in [0.25, 0.3) is 0 Å². The highest BCUT2D eigenvalue weighted by Gasteiger charge is 2.26. The maximum absolute atomic E-state index is 12.6. The second kappa shape index (κ2) is 49.8. The first-order valence-electron chi connectivity index (χ1n) is 25.0. The lowest BCUT2D eigenvalue weighted by atomic mass is 10.1. The molecule has 0 bridgehead atoms. The van der Waals surface area contributed by atoms with Crippen LogP contribution in [0.25, 0.3) is 0 Å². The molecule has 9 nitrogen and oxygen atoms in total. The van der Waals surface area contributed by atoms with Crippen molar-refractivity contribution in [3.05, 3.63) is 122 Å². The number of unbranched alkanes of at least 4 members (excludes halogenated alkanes) is 12. The number of esters is 2. The normalized spacial score (nSPS) is 14.2. The Labute approximate surface area is 396 Å². The van der Waals surface area contributed by atoms with Crippen LogP contribution in [0.5, 0.6) is 0 Å². The highest BCUT2D eigenvalue weighted by Crippen LogP contribution is 2.43. The standard InChI is InChI=1S/C55H90NO8P/c1-3-5-7-9-11-13-15-17-19-20-21-22-23-24-25-26-27-28-29-30-31-32-34-36-38-40-42-44-46-48-55(58)64-53(52-63-65(59,60)62-50-49-56)51-61-54(57)47-45-43-41-39-37-35-33-18-16-14-12-10-8-6-4-2/h5-8,11-14,17-19,21-22,24-25,27-28,30-31,33,53H,3-4,9-10,15-16,20,23,26,29,32,34-52,56H2,1-2H3,(H,59,60)/b7-5-,8-6-,13-11-,14-12-,19-17-,22-21-,25-24-,28-27-,31-30-,33-18-. The third kappa shape index (κ3) is 49.7. The number of hydrogen-bond donors (Lipinski definition) is 2. The van der Waals surface area contributed by atoms with Crippen LogP contribution >= 0.6 is 7.82 Å². The van der Waals surface area contributed by atoms with Crippen LogP contribution in [0.4, 0.5) is 0 Å². The summed E-state index contributed by atoms with van der Waals surface area (Å²) >= 11 is 0. The summed E-state index contributed by atoms with van der Waals surface area (Å²) in [7, 11) is -4.40. The van der Waals surface area contributed by atoms with Crippen molar-refractivity contribution in [2.75, 3.05) is 26.4 Å². The predicted molar refractivity (Wildman–Crippen MR) is 274 cm³/mol. The van der Waals surface area contributed by atoms with Gasteiger partial charge < -0.3 is 20.1 Å². The molecule has 0 radical (unpaired) electrons. The first kappa shape index (κ1) is 61.4. The number of rotatable bonds is 45. The molecule has 3 N–H and O–H groups in total. The molecule has 0 aromatic carbocycles. The number of allylic oxidation sites excluding steroid dienone is 20. The van der Waals surface area contributed by atoms with Crippen LogP contribution in [0.15, 0.2) is 122 Å². The maximum atomic E-state index is 12.6. The van der Waals surface area contributed by atoms with Gasteiger partial charge in [0.2, 0.25) is 0 Å². The van der Waals surface area contributed by atoms with Crippen LogP contribution in [0.3, 0.4) is 0 Å². The molecule has 368 valence electrons. The van der Waals surface area contributed by atoms with Gasteiger partial charge in [-0.3, -0.25) is 18.6 Å². The molecule has 0 aromatic rings. The molecule has 2 unspecified atom stereocenters. The van der Waals surface area contributed by atoms with E-state index in [2.05, 4.69) is 135 Å². The first-order valence-corrected chi connectivity index (χ1v) is 26.5. The van der Waals surface area contributed by atoms with E-state index in [9.17, 15) is 19.0 Å². The Kier molecular flexibility index (Phi) is 47.1. The van der Waals surface area contributed by atoms with E-state index in [0.29, 0.717) is 12.8 Å². The SMILES string of the molecule is CC/C=C\C/C=C\C/C=C\C/C=C\C/C=C\C/C=C\C/C=C\CCCCCCCCCC(=O)OC(COC(=O)CCCCCCC/C=C\C/C=C\C/C=C\CC)COP(=O)(O)OCCN. The summed E-state index contributed by atoms with van der Waals surface area (Å²) in [5.41, 5.74) is 5.36. The topological polar surface area (TPSA) is 134 Å². The highest BCUT2D eigenvalue weighted by molar-refractivity contribution is 7.47. The lowest BCUT2D eigenvalue weighted by molar-refractivity contribution is -0.161. The average molecular weight is 924 g/mol. The molecule has 0 aliphatic rings. The predicted octanol–water partition coefficient (Wildman–Crippen LogP) is 15.3. The number of ether oxygens (including phenoxy) is 2. The minimum Gasteiger partial charge on any atom is -0.462 e. The van der Waals surface area contributed by atoms with Crippen molar-refractivity contribution < 1.29 is 37.6 Å². The van der Waals surface area contributed by atoms with Gasteiger partial charge in [-0.05, 0) is 103 Å². The molecular weight excluding hydrogens is 834 g/mol. The van der Waals surface area contributed by atoms with Gasteiger partial charge in [-0.25, -0.2) is 4.57 Å². The second-order valence-electron chi connectivity index (χ2n) is 15.9. The van der Waals surface area contributed by atoms with Gasteiger partial charge in [-0.15, -0.1) is 0 Å². The van der Waals surface area contributed by atoms with E-state index >= 15 is 0 Å². The van der Waals surface area contributed by atoms with Crippen LogP contribution in [0.2, 0.25) is 0 Å². The van der Waals surface area contributed by atoms with Crippen molar-refractivity contribution in [1.29, 1.82) is 0 Å². The molecule has 0 saturated heterocycles. The van der Waals surface area contributed by atoms with Gasteiger partial charge in [0.1, 0.15) is 6.61 Å². The van der Waals surface area contributed by atoms with E-state index in [1.165, 1.54) is 12.8 Å². The molecule has 65 heavy (non-hydrogen) atoms. The van der Waals surface area contributed by atoms with Crippen LogP contribution in [-0.4, -0.2) is 49.3 Å². The summed E-state index contributed by atoms with van der Waals surface area (Å²) in [6, 6.07) is 0. The van der Waals surface area contributed by atoms with Crippen LogP contribution in [0, 0.1) is 0 Å². The van der Waals surface area contributed by atoms with Crippen LogP contribution in [0.1, 0.15) is 181 Å². The van der Waals surface area contributed by atoms with Gasteiger partial charge in [0.05, 0.1) is 13.2 Å². The van der Waals surface area contributed by atoms with E-state index in [1.54, 1.807) is 0 Å². The summed E-state index contributed by atoms with van der Waals surface area (Å²) in [5, 5.41) is 0. The smallest absolute Gasteiger partial charge is 0.462 e. The van der Waals surface area contributed by atoms with Crippen molar-refractivity contribution >= 4 is 19.8 Å². The quantitative estimate of drug-likeness (QED) is 0.0265. The number of carbonyl (C=O) groups is 2. The third-order valence-electron chi connectivity index (χ3n) is 9.84. The number of phosphoric acid groups is 1. The summed E-state index contributed by atoms with van der Waals surface area (Å²) in [6.45, 7) is 3.45. The zero-order valence-electron chi connectivity index (χ0n) is 40.7. The van der Waals surface area contributed by atoms with Crippen LogP contribution < -0.4 is 5.73 Å². The molecule has 0 amide bonds. The Bertz CT molecular complexity index is 1470. The summed E-state index contributed by atoms with van der Waals surface area (Å²) < 4.78 is 32.9. The monoisotopic (exact) mass is 924 g/mol. The molecule has 0 heterocycles. The van der Waals surface area contributed by atoms with Gasteiger partial charge in [0.15, 0.2) is 6.10 Å². The summed E-state index contributed by atoms with van der Waals surface area (Å²) in [5.74, 6) is -0.872. The molecule has 0 fully saturated rings.